The third kappa shape index (κ3) is 5.45. The number of anilines is 2. The van der Waals surface area contributed by atoms with Crippen LogP contribution < -0.4 is 15.1 Å². The van der Waals surface area contributed by atoms with Crippen LogP contribution in [0, 0.1) is 10.1 Å². The van der Waals surface area contributed by atoms with Crippen LogP contribution in [-0.4, -0.2) is 48.0 Å². The van der Waals surface area contributed by atoms with Crippen LogP contribution in [0.1, 0.15) is 36.2 Å². The first-order valence-electron chi connectivity index (χ1n) is 10.2. The summed E-state index contributed by atoms with van der Waals surface area (Å²) < 4.78 is 38.3. The molecule has 8 nitrogen and oxygen atoms in total. The van der Waals surface area contributed by atoms with Gasteiger partial charge in [-0.3, -0.25) is 14.9 Å². The highest BCUT2D eigenvalue weighted by Crippen LogP contribution is 2.32. The summed E-state index contributed by atoms with van der Waals surface area (Å²) in [5, 5.41) is 14.4. The summed E-state index contributed by atoms with van der Waals surface area (Å²) in [6, 6.07) is 6.63. The first-order valence-corrected chi connectivity index (χ1v) is 10.2. The number of nitro benzene ring substituents is 1. The van der Waals surface area contributed by atoms with E-state index in [2.05, 4.69) is 10.3 Å². The first kappa shape index (κ1) is 23.3. The molecule has 0 unspecified atom stereocenters. The molecule has 0 aliphatic carbocycles. The van der Waals surface area contributed by atoms with E-state index >= 15 is 0 Å². The number of hydrogen-bond donors (Lipinski definition) is 1. The number of pyridine rings is 1. The van der Waals surface area contributed by atoms with Crippen LogP contribution in [-0.2, 0) is 6.18 Å². The molecule has 1 aliphatic rings. The predicted molar refractivity (Wildman–Crippen MR) is 114 cm³/mol. The van der Waals surface area contributed by atoms with Gasteiger partial charge in [0, 0.05) is 50.0 Å². The van der Waals surface area contributed by atoms with Gasteiger partial charge in [0.05, 0.1) is 10.5 Å². The molecule has 0 atom stereocenters. The zero-order valence-corrected chi connectivity index (χ0v) is 17.7. The summed E-state index contributed by atoms with van der Waals surface area (Å²) in [5.41, 5.74) is -0.365. The lowest BCUT2D eigenvalue weighted by atomic mass is 10.1. The van der Waals surface area contributed by atoms with E-state index in [4.69, 9.17) is 0 Å². The van der Waals surface area contributed by atoms with Crippen molar-refractivity contribution in [2.75, 3.05) is 36.0 Å². The minimum Gasteiger partial charge on any atom is -0.364 e. The molecule has 1 aromatic heterocycles. The lowest BCUT2D eigenvalue weighted by Gasteiger charge is -2.24. The van der Waals surface area contributed by atoms with E-state index in [9.17, 15) is 28.1 Å². The van der Waals surface area contributed by atoms with E-state index in [1.807, 2.05) is 9.80 Å². The highest BCUT2D eigenvalue weighted by atomic mass is 19.4. The van der Waals surface area contributed by atoms with Crippen molar-refractivity contribution in [3.8, 4) is 0 Å². The Hall–Kier alpha value is -3.37. The molecule has 2 heterocycles. The Morgan fingerprint density at radius 1 is 1.12 bits per heavy atom. The topological polar surface area (TPSA) is 91.6 Å². The van der Waals surface area contributed by atoms with Gasteiger partial charge in [-0.05, 0) is 44.5 Å². The molecule has 1 saturated heterocycles. The van der Waals surface area contributed by atoms with Crippen molar-refractivity contribution < 1.29 is 22.9 Å². The number of alkyl halides is 3. The van der Waals surface area contributed by atoms with Gasteiger partial charge in [0.2, 0.25) is 0 Å². The fourth-order valence-electron chi connectivity index (χ4n) is 3.55. The molecule has 0 bridgehead atoms. The minimum absolute atomic E-state index is 0.100. The third-order valence-corrected chi connectivity index (χ3v) is 5.09. The number of halogens is 3. The average Bonchev–Trinajstić information content (AvgIpc) is 2.98. The minimum atomic E-state index is -4.45. The number of rotatable bonds is 5. The van der Waals surface area contributed by atoms with Crippen LogP contribution in [0.15, 0.2) is 36.5 Å². The number of amides is 1. The first-order chi connectivity index (χ1) is 15.1. The fourth-order valence-corrected chi connectivity index (χ4v) is 3.55. The molecule has 1 aromatic carbocycles. The predicted octanol–water partition coefficient (Wildman–Crippen LogP) is 3.86. The van der Waals surface area contributed by atoms with Crippen LogP contribution in [0.4, 0.5) is 30.4 Å². The monoisotopic (exact) mass is 451 g/mol. The Morgan fingerprint density at radius 2 is 1.81 bits per heavy atom. The summed E-state index contributed by atoms with van der Waals surface area (Å²) >= 11 is 0. The molecule has 1 fully saturated rings. The number of carbonyl (C=O) groups is 1. The number of aromatic nitrogens is 1. The maximum atomic E-state index is 12.8. The normalized spacial score (nSPS) is 14.9. The van der Waals surface area contributed by atoms with Gasteiger partial charge in [-0.15, -0.1) is 0 Å². The van der Waals surface area contributed by atoms with Crippen molar-refractivity contribution in [3.63, 3.8) is 0 Å². The van der Waals surface area contributed by atoms with Crippen LogP contribution in [0.3, 0.4) is 0 Å². The van der Waals surface area contributed by atoms with Gasteiger partial charge >= 0.3 is 6.18 Å². The average molecular weight is 451 g/mol. The number of hydrogen-bond acceptors (Lipinski definition) is 6. The Bertz CT molecular complexity index is 980. The maximum absolute atomic E-state index is 12.8. The van der Waals surface area contributed by atoms with Crippen molar-refractivity contribution in [3.05, 3.63) is 57.8 Å². The number of nitro groups is 1. The van der Waals surface area contributed by atoms with Crippen molar-refractivity contribution in [2.45, 2.75) is 32.5 Å². The van der Waals surface area contributed by atoms with Gasteiger partial charge in [-0.2, -0.15) is 13.2 Å². The zero-order chi connectivity index (χ0) is 23.5. The SMILES string of the molecule is CC(C)NC(=O)c1ccc(N2CCCN(c3ccc(C(F)(F)F)cn3)CC2)c([N+](=O)[O-])c1. The fraction of sp³-hybridized carbons (Fsp3) is 0.429. The smallest absolute Gasteiger partial charge is 0.364 e. The molecule has 0 saturated carbocycles. The standard InChI is InChI=1S/C21H24F3N5O3/c1-14(2)26-20(30)15-4-6-17(18(12-15)29(31)32)27-8-3-9-28(11-10-27)19-7-5-16(13-25-19)21(22,23)24/h4-7,12-14H,3,8-11H2,1-2H3,(H,26,30). The number of nitrogens with one attached hydrogen (secondary N) is 1. The second-order valence-electron chi connectivity index (χ2n) is 7.82. The molecule has 1 aliphatic heterocycles. The summed E-state index contributed by atoms with van der Waals surface area (Å²) in [6.45, 7) is 5.53. The third-order valence-electron chi connectivity index (χ3n) is 5.09. The van der Waals surface area contributed by atoms with E-state index in [1.165, 1.54) is 12.1 Å². The molecule has 1 amide bonds. The second-order valence-corrected chi connectivity index (χ2v) is 7.82. The van der Waals surface area contributed by atoms with Crippen LogP contribution in [0.5, 0.6) is 0 Å². The largest absolute Gasteiger partial charge is 0.417 e. The summed E-state index contributed by atoms with van der Waals surface area (Å²) in [5.74, 6) is 0.0418. The Morgan fingerprint density at radius 3 is 2.41 bits per heavy atom. The summed E-state index contributed by atoms with van der Waals surface area (Å²) in [6.07, 6.45) is -3.00. The molecule has 1 N–H and O–H groups in total. The lowest BCUT2D eigenvalue weighted by Crippen LogP contribution is -2.32. The Balaban J connectivity index is 1.77. The quantitative estimate of drug-likeness (QED) is 0.548. The van der Waals surface area contributed by atoms with E-state index < -0.39 is 16.7 Å². The highest BCUT2D eigenvalue weighted by Gasteiger charge is 2.31. The second kappa shape index (κ2) is 9.41. The van der Waals surface area contributed by atoms with E-state index in [-0.39, 0.29) is 23.2 Å². The number of nitrogens with zero attached hydrogens (tertiary/aromatic N) is 4. The van der Waals surface area contributed by atoms with Gasteiger partial charge in [-0.1, -0.05) is 0 Å². The maximum Gasteiger partial charge on any atom is 0.417 e. The van der Waals surface area contributed by atoms with Gasteiger partial charge < -0.3 is 15.1 Å². The number of carbonyl (C=O) groups excluding carboxylic acids is 1. The van der Waals surface area contributed by atoms with Gasteiger partial charge in [0.15, 0.2) is 0 Å². The Labute approximate surface area is 183 Å². The van der Waals surface area contributed by atoms with Crippen molar-refractivity contribution >= 4 is 23.1 Å². The van der Waals surface area contributed by atoms with Gasteiger partial charge in [-0.25, -0.2) is 4.98 Å². The zero-order valence-electron chi connectivity index (χ0n) is 17.7. The number of benzene rings is 1. The Kier molecular flexibility index (Phi) is 6.85. The van der Waals surface area contributed by atoms with Gasteiger partial charge in [0.1, 0.15) is 11.5 Å². The van der Waals surface area contributed by atoms with Crippen molar-refractivity contribution in [1.29, 1.82) is 0 Å². The molecule has 11 heteroatoms. The molecule has 3 rings (SSSR count). The van der Waals surface area contributed by atoms with Crippen LogP contribution in [0.25, 0.3) is 0 Å². The van der Waals surface area contributed by atoms with E-state index in [0.717, 1.165) is 12.3 Å². The van der Waals surface area contributed by atoms with Crippen LogP contribution in [0.2, 0.25) is 0 Å². The lowest BCUT2D eigenvalue weighted by molar-refractivity contribution is -0.384. The molecule has 0 spiro atoms. The molecule has 0 radical (unpaired) electrons. The van der Waals surface area contributed by atoms with E-state index in [1.54, 1.807) is 26.0 Å². The van der Waals surface area contributed by atoms with Crippen LogP contribution >= 0.6 is 0 Å². The summed E-state index contributed by atoms with van der Waals surface area (Å²) in [4.78, 5) is 31.1. The molecule has 32 heavy (non-hydrogen) atoms. The molecule has 2 aromatic rings. The summed E-state index contributed by atoms with van der Waals surface area (Å²) in [7, 11) is 0. The highest BCUT2D eigenvalue weighted by molar-refractivity contribution is 5.96. The molecular formula is C21H24F3N5O3. The molecular weight excluding hydrogens is 427 g/mol. The van der Waals surface area contributed by atoms with E-state index in [0.29, 0.717) is 44.1 Å². The van der Waals surface area contributed by atoms with Crippen molar-refractivity contribution in [2.24, 2.45) is 0 Å². The van der Waals surface area contributed by atoms with Crippen molar-refractivity contribution in [1.82, 2.24) is 10.3 Å². The van der Waals surface area contributed by atoms with Gasteiger partial charge in [0.25, 0.3) is 11.6 Å². The molecule has 172 valence electrons.